The maximum absolute atomic E-state index is 12.3. The lowest BCUT2D eigenvalue weighted by molar-refractivity contribution is 0.0695. The van der Waals surface area contributed by atoms with Gasteiger partial charge in [0, 0.05) is 6.20 Å². The number of phenols is 1. The average Bonchev–Trinajstić information content (AvgIpc) is 2.40. The molecule has 7 nitrogen and oxygen atoms in total. The first kappa shape index (κ1) is 16.5. The highest BCUT2D eigenvalue weighted by molar-refractivity contribution is 9.10. The van der Waals surface area contributed by atoms with Crippen LogP contribution in [0.1, 0.15) is 10.4 Å². The van der Waals surface area contributed by atoms with Gasteiger partial charge in [0.25, 0.3) is 10.0 Å². The van der Waals surface area contributed by atoms with Crippen LogP contribution in [0.3, 0.4) is 0 Å². The molecule has 0 aliphatic carbocycles. The molecule has 0 unspecified atom stereocenters. The Labute approximate surface area is 138 Å². The summed E-state index contributed by atoms with van der Waals surface area (Å²) in [5, 5.41) is 18.7. The third kappa shape index (κ3) is 3.32. The van der Waals surface area contributed by atoms with Crippen molar-refractivity contribution in [1.82, 2.24) is 4.98 Å². The minimum Gasteiger partial charge on any atom is -0.507 e. The molecule has 116 valence electrons. The van der Waals surface area contributed by atoms with E-state index in [2.05, 4.69) is 25.6 Å². The molecular weight excluding hydrogens is 400 g/mol. The number of hydrogen-bond acceptors (Lipinski definition) is 5. The second kappa shape index (κ2) is 6.11. The van der Waals surface area contributed by atoms with Gasteiger partial charge < -0.3 is 10.2 Å². The van der Waals surface area contributed by atoms with E-state index in [-0.39, 0.29) is 20.2 Å². The van der Waals surface area contributed by atoms with Crippen molar-refractivity contribution in [3.8, 4) is 5.75 Å². The number of carbonyl (C=O) groups is 1. The van der Waals surface area contributed by atoms with Crippen LogP contribution >= 0.6 is 27.5 Å². The van der Waals surface area contributed by atoms with Gasteiger partial charge in [0.15, 0.2) is 0 Å². The molecule has 1 heterocycles. The number of aromatic nitrogens is 1. The van der Waals surface area contributed by atoms with Gasteiger partial charge in [0.2, 0.25) is 0 Å². The number of sulfonamides is 1. The van der Waals surface area contributed by atoms with Gasteiger partial charge in [-0.05, 0) is 34.1 Å². The van der Waals surface area contributed by atoms with E-state index in [4.69, 9.17) is 16.7 Å². The molecule has 0 fully saturated rings. The van der Waals surface area contributed by atoms with Crippen molar-refractivity contribution in [3.05, 3.63) is 45.7 Å². The number of rotatable bonds is 4. The standard InChI is InChI=1S/C12H8BrClN2O5S/c13-7-4-6(5-15-11(7)14)22(20,21)16-8-2-1-3-9(17)10(8)12(18)19/h1-5,16-17H,(H,18,19). The second-order valence-corrected chi connectivity index (χ2v) is 6.95. The lowest BCUT2D eigenvalue weighted by atomic mass is 10.1. The van der Waals surface area contributed by atoms with Crippen molar-refractivity contribution < 1.29 is 23.4 Å². The molecule has 0 amide bonds. The zero-order chi connectivity index (χ0) is 16.5. The molecule has 10 heteroatoms. The third-order valence-electron chi connectivity index (χ3n) is 2.58. The quantitative estimate of drug-likeness (QED) is 0.671. The van der Waals surface area contributed by atoms with E-state index in [0.29, 0.717) is 0 Å². The molecule has 0 atom stereocenters. The van der Waals surface area contributed by atoms with Gasteiger partial charge in [-0.15, -0.1) is 0 Å². The van der Waals surface area contributed by atoms with E-state index in [0.717, 1.165) is 12.3 Å². The molecule has 0 bridgehead atoms. The van der Waals surface area contributed by atoms with E-state index in [1.165, 1.54) is 18.2 Å². The summed E-state index contributed by atoms with van der Waals surface area (Å²) in [6.45, 7) is 0. The van der Waals surface area contributed by atoms with Gasteiger partial charge in [-0.2, -0.15) is 0 Å². The molecule has 0 saturated carbocycles. The fourth-order valence-electron chi connectivity index (χ4n) is 1.60. The van der Waals surface area contributed by atoms with Crippen LogP contribution < -0.4 is 4.72 Å². The molecular formula is C12H8BrClN2O5S. The van der Waals surface area contributed by atoms with E-state index in [1.807, 2.05) is 0 Å². The smallest absolute Gasteiger partial charge is 0.341 e. The van der Waals surface area contributed by atoms with E-state index < -0.39 is 27.3 Å². The van der Waals surface area contributed by atoms with Gasteiger partial charge in [0.1, 0.15) is 21.4 Å². The number of aromatic hydroxyl groups is 1. The molecule has 2 rings (SSSR count). The van der Waals surface area contributed by atoms with Crippen LogP contribution in [0.2, 0.25) is 5.15 Å². The summed E-state index contributed by atoms with van der Waals surface area (Å²) in [6, 6.07) is 4.90. The zero-order valence-corrected chi connectivity index (χ0v) is 13.8. The number of carboxylic acid groups (broad SMARTS) is 1. The summed E-state index contributed by atoms with van der Waals surface area (Å²) in [6.07, 6.45) is 1.03. The van der Waals surface area contributed by atoms with Crippen LogP contribution in [-0.2, 0) is 10.0 Å². The Hall–Kier alpha value is -1.84. The first-order valence-corrected chi connectivity index (χ1v) is 8.27. The highest BCUT2D eigenvalue weighted by Crippen LogP contribution is 2.28. The Balaban J connectivity index is 2.48. The Morgan fingerprint density at radius 3 is 2.64 bits per heavy atom. The number of benzene rings is 1. The number of nitrogens with one attached hydrogen (secondary N) is 1. The summed E-state index contributed by atoms with van der Waals surface area (Å²) >= 11 is 8.75. The van der Waals surface area contributed by atoms with Crippen molar-refractivity contribution in [2.45, 2.75) is 4.90 Å². The summed E-state index contributed by atoms with van der Waals surface area (Å²) in [5.41, 5.74) is -0.814. The summed E-state index contributed by atoms with van der Waals surface area (Å²) in [7, 11) is -4.10. The fraction of sp³-hybridized carbons (Fsp3) is 0. The summed E-state index contributed by atoms with van der Waals surface area (Å²) < 4.78 is 26.9. The van der Waals surface area contributed by atoms with Crippen LogP contribution in [0.5, 0.6) is 5.75 Å². The molecule has 0 aliphatic rings. The predicted octanol–water partition coefficient (Wildman–Crippen LogP) is 2.70. The van der Waals surface area contributed by atoms with Crippen LogP contribution in [0.15, 0.2) is 39.8 Å². The van der Waals surface area contributed by atoms with Gasteiger partial charge in [-0.3, -0.25) is 4.72 Å². The maximum atomic E-state index is 12.3. The molecule has 1 aromatic heterocycles. The van der Waals surface area contributed by atoms with Crippen molar-refractivity contribution >= 4 is 49.2 Å². The number of aromatic carboxylic acids is 1. The summed E-state index contributed by atoms with van der Waals surface area (Å²) in [4.78, 5) is 14.6. The lowest BCUT2D eigenvalue weighted by Crippen LogP contribution is -2.16. The zero-order valence-electron chi connectivity index (χ0n) is 10.6. The number of pyridine rings is 1. The molecule has 1 aromatic carbocycles. The van der Waals surface area contributed by atoms with Gasteiger partial charge in [-0.25, -0.2) is 18.2 Å². The Bertz CT molecular complexity index is 857. The van der Waals surface area contributed by atoms with Crippen LogP contribution in [-0.4, -0.2) is 29.6 Å². The Kier molecular flexibility index (Phi) is 4.59. The topological polar surface area (TPSA) is 117 Å². The first-order chi connectivity index (χ1) is 10.2. The third-order valence-corrected chi connectivity index (χ3v) is 5.05. The van der Waals surface area contributed by atoms with E-state index in [9.17, 15) is 18.3 Å². The predicted molar refractivity (Wildman–Crippen MR) is 82.8 cm³/mol. The highest BCUT2D eigenvalue weighted by Gasteiger charge is 2.22. The van der Waals surface area contributed by atoms with Gasteiger partial charge in [-0.1, -0.05) is 17.7 Å². The number of carboxylic acids is 1. The molecule has 0 radical (unpaired) electrons. The minimum absolute atomic E-state index is 0.0857. The monoisotopic (exact) mass is 406 g/mol. The number of anilines is 1. The SMILES string of the molecule is O=C(O)c1c(O)cccc1NS(=O)(=O)c1cnc(Cl)c(Br)c1. The average molecular weight is 408 g/mol. The molecule has 22 heavy (non-hydrogen) atoms. The largest absolute Gasteiger partial charge is 0.507 e. The number of hydrogen-bond donors (Lipinski definition) is 3. The van der Waals surface area contributed by atoms with Gasteiger partial charge in [0.05, 0.1) is 10.2 Å². The van der Waals surface area contributed by atoms with E-state index in [1.54, 1.807) is 0 Å². The number of halogens is 2. The Morgan fingerprint density at radius 2 is 2.05 bits per heavy atom. The van der Waals surface area contributed by atoms with Crippen molar-refractivity contribution in [1.29, 1.82) is 0 Å². The number of nitrogens with zero attached hydrogens (tertiary/aromatic N) is 1. The Morgan fingerprint density at radius 1 is 1.36 bits per heavy atom. The molecule has 0 saturated heterocycles. The van der Waals surface area contributed by atoms with Gasteiger partial charge >= 0.3 is 5.97 Å². The normalized spacial score (nSPS) is 11.2. The van der Waals surface area contributed by atoms with Crippen molar-refractivity contribution in [2.24, 2.45) is 0 Å². The van der Waals surface area contributed by atoms with Crippen LogP contribution in [0, 0.1) is 0 Å². The fourth-order valence-corrected chi connectivity index (χ4v) is 3.25. The molecule has 0 spiro atoms. The van der Waals surface area contributed by atoms with Crippen LogP contribution in [0.4, 0.5) is 5.69 Å². The molecule has 2 aromatic rings. The van der Waals surface area contributed by atoms with Crippen molar-refractivity contribution in [2.75, 3.05) is 4.72 Å². The minimum atomic E-state index is -4.10. The van der Waals surface area contributed by atoms with E-state index >= 15 is 0 Å². The van der Waals surface area contributed by atoms with Crippen molar-refractivity contribution in [3.63, 3.8) is 0 Å². The summed E-state index contributed by atoms with van der Waals surface area (Å²) in [5.74, 6) is -2.02. The maximum Gasteiger partial charge on any atom is 0.341 e. The molecule has 0 aliphatic heterocycles. The molecule has 3 N–H and O–H groups in total. The highest BCUT2D eigenvalue weighted by atomic mass is 79.9. The first-order valence-electron chi connectivity index (χ1n) is 5.61. The van der Waals surface area contributed by atoms with Crippen LogP contribution in [0.25, 0.3) is 0 Å². The lowest BCUT2D eigenvalue weighted by Gasteiger charge is -2.11. The second-order valence-electron chi connectivity index (χ2n) is 4.05.